The molecule has 9 heteroatoms. The van der Waals surface area contributed by atoms with Gasteiger partial charge in [-0.05, 0) is 30.3 Å². The van der Waals surface area contributed by atoms with Gasteiger partial charge in [0.05, 0.1) is 22.4 Å². The fraction of sp³-hybridized carbons (Fsp3) is 0.0667. The predicted molar refractivity (Wildman–Crippen MR) is 89.2 cm³/mol. The molecule has 1 heterocycles. The van der Waals surface area contributed by atoms with Crippen molar-refractivity contribution in [3.8, 4) is 5.75 Å². The highest BCUT2D eigenvalue weighted by Crippen LogP contribution is 2.31. The molecule has 0 fully saturated rings. The zero-order valence-corrected chi connectivity index (χ0v) is 13.9. The average molecular weight is 367 g/mol. The minimum absolute atomic E-state index is 0.0145. The lowest BCUT2D eigenvalue weighted by atomic mass is 10.2. The Kier molecular flexibility index (Phi) is 3.94. The number of hydrogen-bond acceptors (Lipinski definition) is 5. The molecule has 0 saturated heterocycles. The molecular formula is C15H11ClN2O5S. The quantitative estimate of drug-likeness (QED) is 0.521. The second-order valence-corrected chi connectivity index (χ2v) is 7.16. The molecule has 0 radical (unpaired) electrons. The summed E-state index contributed by atoms with van der Waals surface area (Å²) < 4.78 is 31.6. The number of nitrogens with zero attached hydrogens (tertiary/aromatic N) is 2. The number of hydrogen-bond donors (Lipinski definition) is 0. The molecule has 0 atom stereocenters. The number of methoxy groups -OCH3 is 1. The van der Waals surface area contributed by atoms with Gasteiger partial charge in [0.25, 0.3) is 10.0 Å². The maximum Gasteiger partial charge on any atom is 0.312 e. The smallest absolute Gasteiger partial charge is 0.312 e. The highest BCUT2D eigenvalue weighted by Gasteiger charge is 2.24. The van der Waals surface area contributed by atoms with Crippen molar-refractivity contribution in [1.29, 1.82) is 0 Å². The van der Waals surface area contributed by atoms with E-state index in [9.17, 15) is 18.5 Å². The molecule has 0 bridgehead atoms. The molecule has 0 unspecified atom stereocenters. The van der Waals surface area contributed by atoms with Crippen molar-refractivity contribution in [3.05, 3.63) is 63.8 Å². The molecular weight excluding hydrogens is 356 g/mol. The SMILES string of the molecule is COc1ccc(S(=O)(=O)n2ccc3ccc(Cl)cc32)cc1[N+](=O)[O-]. The van der Waals surface area contributed by atoms with Gasteiger partial charge in [-0.15, -0.1) is 0 Å². The van der Waals surface area contributed by atoms with Crippen molar-refractivity contribution >= 4 is 38.2 Å². The van der Waals surface area contributed by atoms with Crippen molar-refractivity contribution < 1.29 is 18.1 Å². The Morgan fingerprint density at radius 2 is 1.92 bits per heavy atom. The molecule has 1 aromatic heterocycles. The number of nitro groups is 1. The number of fused-ring (bicyclic) bond motifs is 1. The van der Waals surface area contributed by atoms with Gasteiger partial charge in [-0.25, -0.2) is 12.4 Å². The van der Waals surface area contributed by atoms with E-state index in [4.69, 9.17) is 16.3 Å². The first-order valence-corrected chi connectivity index (χ1v) is 8.51. The third-order valence-electron chi connectivity index (χ3n) is 3.52. The van der Waals surface area contributed by atoms with Crippen molar-refractivity contribution in [2.45, 2.75) is 4.90 Å². The highest BCUT2D eigenvalue weighted by molar-refractivity contribution is 7.90. The molecule has 0 aliphatic heterocycles. The number of rotatable bonds is 4. The van der Waals surface area contributed by atoms with Gasteiger partial charge < -0.3 is 4.74 Å². The molecule has 3 aromatic rings. The van der Waals surface area contributed by atoms with E-state index < -0.39 is 20.6 Å². The van der Waals surface area contributed by atoms with Crippen LogP contribution in [0.1, 0.15) is 0 Å². The van der Waals surface area contributed by atoms with Gasteiger partial charge in [-0.1, -0.05) is 17.7 Å². The first kappa shape index (κ1) is 16.3. The third kappa shape index (κ3) is 2.59. The van der Waals surface area contributed by atoms with Gasteiger partial charge >= 0.3 is 5.69 Å². The fourth-order valence-corrected chi connectivity index (χ4v) is 3.91. The first-order chi connectivity index (χ1) is 11.3. The zero-order chi connectivity index (χ0) is 17.5. The van der Waals surface area contributed by atoms with E-state index in [0.717, 1.165) is 10.0 Å². The summed E-state index contributed by atoms with van der Waals surface area (Å²) in [5, 5.41) is 12.2. The second-order valence-electron chi connectivity index (χ2n) is 4.91. The topological polar surface area (TPSA) is 91.4 Å². The molecule has 24 heavy (non-hydrogen) atoms. The molecule has 7 nitrogen and oxygen atoms in total. The van der Waals surface area contributed by atoms with Crippen molar-refractivity contribution in [1.82, 2.24) is 3.97 Å². The van der Waals surface area contributed by atoms with Crippen LogP contribution in [0.3, 0.4) is 0 Å². The Balaban J connectivity index is 2.22. The van der Waals surface area contributed by atoms with Crippen molar-refractivity contribution in [2.75, 3.05) is 7.11 Å². The largest absolute Gasteiger partial charge is 0.490 e. The van der Waals surface area contributed by atoms with E-state index in [-0.39, 0.29) is 10.6 Å². The van der Waals surface area contributed by atoms with Crippen LogP contribution < -0.4 is 4.74 Å². The summed E-state index contributed by atoms with van der Waals surface area (Å²) in [7, 11) is -2.75. The molecule has 0 saturated carbocycles. The van der Waals surface area contributed by atoms with Crippen LogP contribution in [-0.2, 0) is 10.0 Å². The molecule has 2 aromatic carbocycles. The van der Waals surface area contributed by atoms with Crippen LogP contribution >= 0.6 is 11.6 Å². The normalized spacial score (nSPS) is 11.6. The summed E-state index contributed by atoms with van der Waals surface area (Å²) in [6, 6.07) is 9.98. The van der Waals surface area contributed by atoms with E-state index in [2.05, 4.69) is 0 Å². The van der Waals surface area contributed by atoms with Crippen LogP contribution in [-0.4, -0.2) is 24.4 Å². The number of benzene rings is 2. The number of ether oxygens (including phenoxy) is 1. The highest BCUT2D eigenvalue weighted by atomic mass is 35.5. The van der Waals surface area contributed by atoms with Crippen LogP contribution in [0.25, 0.3) is 10.9 Å². The van der Waals surface area contributed by atoms with Gasteiger partial charge in [0.1, 0.15) is 0 Å². The van der Waals surface area contributed by atoms with Crippen LogP contribution in [0.15, 0.2) is 53.6 Å². The van der Waals surface area contributed by atoms with Gasteiger partial charge in [0.2, 0.25) is 0 Å². The molecule has 0 N–H and O–H groups in total. The maximum atomic E-state index is 12.9. The minimum atomic E-state index is -4.02. The number of nitro benzene ring substituents is 1. The van der Waals surface area contributed by atoms with E-state index in [1.807, 2.05) is 0 Å². The van der Waals surface area contributed by atoms with E-state index in [1.54, 1.807) is 18.2 Å². The Hall–Kier alpha value is -2.58. The summed E-state index contributed by atoms with van der Waals surface area (Å²) in [5.41, 5.74) is -0.0333. The average Bonchev–Trinajstić information content (AvgIpc) is 2.97. The molecule has 0 amide bonds. The summed E-state index contributed by atoms with van der Waals surface area (Å²) in [6.45, 7) is 0. The zero-order valence-electron chi connectivity index (χ0n) is 12.3. The second kappa shape index (κ2) is 5.81. The van der Waals surface area contributed by atoms with Crippen LogP contribution in [0.2, 0.25) is 5.02 Å². The Labute approximate surface area is 142 Å². The number of aromatic nitrogens is 1. The Morgan fingerprint density at radius 1 is 1.17 bits per heavy atom. The summed E-state index contributed by atoms with van der Waals surface area (Å²) in [4.78, 5) is 10.2. The lowest BCUT2D eigenvalue weighted by molar-refractivity contribution is -0.386. The minimum Gasteiger partial charge on any atom is -0.490 e. The Bertz CT molecular complexity index is 1060. The molecule has 124 valence electrons. The number of halogens is 1. The van der Waals surface area contributed by atoms with Gasteiger partial charge in [-0.3, -0.25) is 10.1 Å². The lowest BCUT2D eigenvalue weighted by Gasteiger charge is -2.09. The van der Waals surface area contributed by atoms with Crippen LogP contribution in [0.4, 0.5) is 5.69 Å². The van der Waals surface area contributed by atoms with Crippen LogP contribution in [0, 0.1) is 10.1 Å². The molecule has 0 spiro atoms. The monoisotopic (exact) mass is 366 g/mol. The molecule has 3 rings (SSSR count). The van der Waals surface area contributed by atoms with E-state index in [1.165, 1.54) is 31.5 Å². The molecule has 0 aliphatic carbocycles. The van der Waals surface area contributed by atoms with E-state index in [0.29, 0.717) is 15.9 Å². The Morgan fingerprint density at radius 3 is 2.58 bits per heavy atom. The maximum absolute atomic E-state index is 12.9. The summed E-state index contributed by atoms with van der Waals surface area (Å²) in [5.74, 6) is -0.0145. The molecule has 0 aliphatic rings. The van der Waals surface area contributed by atoms with Gasteiger partial charge in [0.15, 0.2) is 5.75 Å². The predicted octanol–water partition coefficient (Wildman–Crippen LogP) is 3.45. The van der Waals surface area contributed by atoms with Gasteiger partial charge in [0, 0.05) is 22.7 Å². The summed E-state index contributed by atoms with van der Waals surface area (Å²) in [6.07, 6.45) is 1.38. The van der Waals surface area contributed by atoms with Crippen molar-refractivity contribution in [2.24, 2.45) is 0 Å². The fourth-order valence-electron chi connectivity index (χ4n) is 2.37. The lowest BCUT2D eigenvalue weighted by Crippen LogP contribution is -2.12. The third-order valence-corrected chi connectivity index (χ3v) is 5.44. The van der Waals surface area contributed by atoms with E-state index >= 15 is 0 Å². The summed E-state index contributed by atoms with van der Waals surface area (Å²) >= 11 is 5.94. The van der Waals surface area contributed by atoms with Crippen LogP contribution in [0.5, 0.6) is 5.75 Å². The van der Waals surface area contributed by atoms with Crippen molar-refractivity contribution in [3.63, 3.8) is 0 Å². The van der Waals surface area contributed by atoms with Gasteiger partial charge in [-0.2, -0.15) is 0 Å². The standard InChI is InChI=1S/C15H11ClN2O5S/c1-23-15-5-4-12(9-14(15)18(19)20)24(21,22)17-7-6-10-2-3-11(16)8-13(10)17/h2-9H,1H3. The first-order valence-electron chi connectivity index (χ1n) is 6.69.